The van der Waals surface area contributed by atoms with Gasteiger partial charge in [-0.25, -0.2) is 0 Å². The number of nitrogens with one attached hydrogen (secondary N) is 1. The fourth-order valence-corrected chi connectivity index (χ4v) is 2.25. The zero-order valence-corrected chi connectivity index (χ0v) is 10.5. The van der Waals surface area contributed by atoms with Gasteiger partial charge in [0.15, 0.2) is 0 Å². The molecule has 90 valence electrons. The summed E-state index contributed by atoms with van der Waals surface area (Å²) in [5.74, 6) is 3.70. The van der Waals surface area contributed by atoms with Crippen molar-refractivity contribution < 1.29 is 4.42 Å². The zero-order chi connectivity index (χ0) is 11.5. The van der Waals surface area contributed by atoms with Crippen molar-refractivity contribution >= 4 is 0 Å². The van der Waals surface area contributed by atoms with Crippen LogP contribution in [0.15, 0.2) is 16.5 Å². The molecule has 1 aromatic rings. The van der Waals surface area contributed by atoms with Crippen molar-refractivity contribution in [1.29, 1.82) is 0 Å². The highest BCUT2D eigenvalue weighted by Crippen LogP contribution is 2.17. The fraction of sp³-hybridized carbons (Fsp3) is 0.692. The number of hydrogen-bond donors (Lipinski definition) is 1. The zero-order valence-electron chi connectivity index (χ0n) is 10.5. The quantitative estimate of drug-likeness (QED) is 0.824. The molecule has 3 heteroatoms. The molecule has 1 saturated heterocycles. The Hall–Kier alpha value is -0.800. The van der Waals surface area contributed by atoms with E-state index >= 15 is 0 Å². The van der Waals surface area contributed by atoms with Gasteiger partial charge in [0, 0.05) is 6.54 Å². The minimum absolute atomic E-state index is 0.766. The van der Waals surface area contributed by atoms with Gasteiger partial charge in [-0.3, -0.25) is 4.90 Å². The molecule has 0 saturated carbocycles. The number of furan rings is 1. The van der Waals surface area contributed by atoms with Crippen molar-refractivity contribution in [2.24, 2.45) is 11.8 Å². The highest BCUT2D eigenvalue weighted by molar-refractivity contribution is 5.05. The molecule has 1 aliphatic heterocycles. The molecule has 0 spiro atoms. The maximum atomic E-state index is 5.58. The predicted octanol–water partition coefficient (Wildman–Crippen LogP) is 1.88. The Balaban J connectivity index is 1.77. The third-order valence-electron chi connectivity index (χ3n) is 3.44. The molecule has 1 aliphatic rings. The standard InChI is InChI=1S/C13H22N2O/c1-10(12-6-14-7-12)8-15(3)9-13-5-4-11(2)16-13/h4-5,10,12,14H,6-9H2,1-3H3. The lowest BCUT2D eigenvalue weighted by molar-refractivity contribution is 0.176. The molecule has 1 aromatic heterocycles. The second kappa shape index (κ2) is 5.02. The molecular weight excluding hydrogens is 200 g/mol. The Labute approximate surface area is 97.8 Å². The molecule has 2 heterocycles. The van der Waals surface area contributed by atoms with E-state index in [0.29, 0.717) is 0 Å². The van der Waals surface area contributed by atoms with Crippen molar-refractivity contribution in [1.82, 2.24) is 10.2 Å². The van der Waals surface area contributed by atoms with Gasteiger partial charge >= 0.3 is 0 Å². The highest BCUT2D eigenvalue weighted by atomic mass is 16.3. The molecule has 0 aromatic carbocycles. The fourth-order valence-electron chi connectivity index (χ4n) is 2.25. The Morgan fingerprint density at radius 3 is 2.75 bits per heavy atom. The van der Waals surface area contributed by atoms with E-state index in [-0.39, 0.29) is 0 Å². The van der Waals surface area contributed by atoms with Gasteiger partial charge in [-0.1, -0.05) is 6.92 Å². The van der Waals surface area contributed by atoms with E-state index in [9.17, 15) is 0 Å². The van der Waals surface area contributed by atoms with E-state index in [1.165, 1.54) is 13.1 Å². The second-order valence-electron chi connectivity index (χ2n) is 5.10. The first kappa shape index (κ1) is 11.7. The van der Waals surface area contributed by atoms with Crippen LogP contribution in [-0.4, -0.2) is 31.6 Å². The van der Waals surface area contributed by atoms with Crippen molar-refractivity contribution in [3.8, 4) is 0 Å². The highest BCUT2D eigenvalue weighted by Gasteiger charge is 2.24. The summed E-state index contributed by atoms with van der Waals surface area (Å²) >= 11 is 0. The van der Waals surface area contributed by atoms with Crippen LogP contribution in [0.1, 0.15) is 18.4 Å². The van der Waals surface area contributed by atoms with Crippen LogP contribution >= 0.6 is 0 Å². The summed E-state index contributed by atoms with van der Waals surface area (Å²) < 4.78 is 5.58. The lowest BCUT2D eigenvalue weighted by Gasteiger charge is -2.34. The van der Waals surface area contributed by atoms with Crippen molar-refractivity contribution in [2.75, 3.05) is 26.7 Å². The third kappa shape index (κ3) is 2.86. The first-order valence-electron chi connectivity index (χ1n) is 6.09. The normalized spacial score (nSPS) is 18.8. The van der Waals surface area contributed by atoms with Crippen LogP contribution in [0.5, 0.6) is 0 Å². The van der Waals surface area contributed by atoms with E-state index in [0.717, 1.165) is 36.4 Å². The molecule has 0 amide bonds. The molecule has 3 nitrogen and oxygen atoms in total. The molecule has 1 atom stereocenters. The van der Waals surface area contributed by atoms with E-state index in [1.54, 1.807) is 0 Å². The Morgan fingerprint density at radius 2 is 2.25 bits per heavy atom. The van der Waals surface area contributed by atoms with Crippen LogP contribution in [0.25, 0.3) is 0 Å². The minimum Gasteiger partial charge on any atom is -0.465 e. The number of hydrogen-bond acceptors (Lipinski definition) is 3. The molecule has 16 heavy (non-hydrogen) atoms. The molecule has 0 radical (unpaired) electrons. The topological polar surface area (TPSA) is 28.4 Å². The summed E-state index contributed by atoms with van der Waals surface area (Å²) in [4.78, 5) is 2.35. The summed E-state index contributed by atoms with van der Waals surface area (Å²) in [5.41, 5.74) is 0. The molecule has 1 N–H and O–H groups in total. The summed E-state index contributed by atoms with van der Waals surface area (Å²) in [6.45, 7) is 8.77. The third-order valence-corrected chi connectivity index (χ3v) is 3.44. The Kier molecular flexibility index (Phi) is 3.66. The van der Waals surface area contributed by atoms with Crippen molar-refractivity contribution in [3.05, 3.63) is 23.7 Å². The van der Waals surface area contributed by atoms with Gasteiger partial charge in [-0.2, -0.15) is 0 Å². The molecular formula is C13H22N2O. The Morgan fingerprint density at radius 1 is 1.50 bits per heavy atom. The molecule has 0 bridgehead atoms. The molecule has 1 unspecified atom stereocenters. The summed E-state index contributed by atoms with van der Waals surface area (Å²) in [6.07, 6.45) is 0. The summed E-state index contributed by atoms with van der Waals surface area (Å²) in [6, 6.07) is 4.10. The van der Waals surface area contributed by atoms with Gasteiger partial charge in [0.1, 0.15) is 11.5 Å². The lowest BCUT2D eigenvalue weighted by Crippen LogP contribution is -2.47. The van der Waals surface area contributed by atoms with Crippen LogP contribution in [0, 0.1) is 18.8 Å². The van der Waals surface area contributed by atoms with Gasteiger partial charge in [0.25, 0.3) is 0 Å². The maximum absolute atomic E-state index is 5.58. The van der Waals surface area contributed by atoms with Crippen LogP contribution in [0.2, 0.25) is 0 Å². The number of aryl methyl sites for hydroxylation is 1. The number of nitrogens with zero attached hydrogens (tertiary/aromatic N) is 1. The average molecular weight is 222 g/mol. The van der Waals surface area contributed by atoms with E-state index in [2.05, 4.69) is 30.3 Å². The second-order valence-corrected chi connectivity index (χ2v) is 5.10. The predicted molar refractivity (Wildman–Crippen MR) is 65.3 cm³/mol. The lowest BCUT2D eigenvalue weighted by atomic mass is 9.88. The summed E-state index contributed by atoms with van der Waals surface area (Å²) in [7, 11) is 2.17. The minimum atomic E-state index is 0.766. The van der Waals surface area contributed by atoms with E-state index in [4.69, 9.17) is 4.42 Å². The van der Waals surface area contributed by atoms with Crippen molar-refractivity contribution in [3.63, 3.8) is 0 Å². The van der Waals surface area contributed by atoms with Gasteiger partial charge < -0.3 is 9.73 Å². The van der Waals surface area contributed by atoms with Crippen LogP contribution in [0.3, 0.4) is 0 Å². The average Bonchev–Trinajstić information content (AvgIpc) is 2.47. The van der Waals surface area contributed by atoms with Gasteiger partial charge in [-0.15, -0.1) is 0 Å². The van der Waals surface area contributed by atoms with Gasteiger partial charge in [0.2, 0.25) is 0 Å². The van der Waals surface area contributed by atoms with Crippen LogP contribution < -0.4 is 5.32 Å². The van der Waals surface area contributed by atoms with Gasteiger partial charge in [0.05, 0.1) is 6.54 Å². The molecule has 0 aliphatic carbocycles. The van der Waals surface area contributed by atoms with Crippen LogP contribution in [-0.2, 0) is 6.54 Å². The SMILES string of the molecule is Cc1ccc(CN(C)CC(C)C2CNC2)o1. The van der Waals surface area contributed by atoms with E-state index < -0.39 is 0 Å². The molecule has 1 fully saturated rings. The summed E-state index contributed by atoms with van der Waals surface area (Å²) in [5, 5.41) is 3.33. The first-order chi connectivity index (χ1) is 7.65. The van der Waals surface area contributed by atoms with Crippen LogP contribution in [0.4, 0.5) is 0 Å². The monoisotopic (exact) mass is 222 g/mol. The first-order valence-corrected chi connectivity index (χ1v) is 6.09. The Bertz CT molecular complexity index is 330. The smallest absolute Gasteiger partial charge is 0.118 e. The maximum Gasteiger partial charge on any atom is 0.118 e. The largest absolute Gasteiger partial charge is 0.465 e. The number of rotatable bonds is 5. The van der Waals surface area contributed by atoms with E-state index in [1.807, 2.05) is 13.0 Å². The van der Waals surface area contributed by atoms with Gasteiger partial charge in [-0.05, 0) is 51.0 Å². The molecule has 2 rings (SSSR count). The van der Waals surface area contributed by atoms with Crippen molar-refractivity contribution in [2.45, 2.75) is 20.4 Å².